The zero-order valence-corrected chi connectivity index (χ0v) is 17.2. The number of aromatic nitrogens is 2. The third-order valence-electron chi connectivity index (χ3n) is 3.56. The summed E-state index contributed by atoms with van der Waals surface area (Å²) >= 11 is 0. The van der Waals surface area contributed by atoms with Crippen molar-refractivity contribution in [1.82, 2.24) is 9.97 Å². The van der Waals surface area contributed by atoms with Crippen molar-refractivity contribution in [2.45, 2.75) is 19.6 Å². The van der Waals surface area contributed by atoms with E-state index in [0.29, 0.717) is 5.82 Å². The molecule has 0 aliphatic heterocycles. The second-order valence-electron chi connectivity index (χ2n) is 7.24. The molecule has 0 atom stereocenters. The first-order valence-electron chi connectivity index (χ1n) is 9.02. The molecule has 134 valence electrons. The van der Waals surface area contributed by atoms with E-state index in [1.54, 1.807) is 12.4 Å². The SMILES string of the molecule is C[Si](C)(C)C#Cc1ccc(C#Cc2cnc(C#Cc3ccccc3)nc2)cc1. The van der Waals surface area contributed by atoms with E-state index in [2.05, 4.69) is 64.8 Å². The summed E-state index contributed by atoms with van der Waals surface area (Å²) in [5, 5.41) is 0. The number of rotatable bonds is 0. The molecule has 0 aliphatic carbocycles. The van der Waals surface area contributed by atoms with E-state index in [1.807, 2.05) is 54.6 Å². The third-order valence-corrected chi connectivity index (χ3v) is 4.44. The Hall–Kier alpha value is -3.58. The average molecular weight is 377 g/mol. The Kier molecular flexibility index (Phi) is 6.08. The van der Waals surface area contributed by atoms with Crippen LogP contribution < -0.4 is 0 Å². The van der Waals surface area contributed by atoms with Crippen LogP contribution in [0.1, 0.15) is 28.1 Å². The lowest BCUT2D eigenvalue weighted by Gasteiger charge is -2.03. The zero-order chi connectivity index (χ0) is 19.8. The lowest BCUT2D eigenvalue weighted by molar-refractivity contribution is 1.12. The minimum absolute atomic E-state index is 0.486. The van der Waals surface area contributed by atoms with E-state index in [9.17, 15) is 0 Å². The van der Waals surface area contributed by atoms with Crippen LogP contribution in [0, 0.1) is 35.1 Å². The van der Waals surface area contributed by atoms with Crippen LogP contribution in [0.4, 0.5) is 0 Å². The Balaban J connectivity index is 1.67. The lowest BCUT2D eigenvalue weighted by atomic mass is 10.1. The van der Waals surface area contributed by atoms with Gasteiger partial charge in [0.05, 0.1) is 5.56 Å². The molecule has 0 amide bonds. The van der Waals surface area contributed by atoms with Crippen LogP contribution in [0.2, 0.25) is 19.6 Å². The molecule has 2 nitrogen and oxygen atoms in total. The minimum atomic E-state index is -1.36. The number of hydrogen-bond donors (Lipinski definition) is 0. The molecular weight excluding hydrogens is 356 g/mol. The van der Waals surface area contributed by atoms with Crippen molar-refractivity contribution in [3.8, 4) is 35.1 Å². The van der Waals surface area contributed by atoms with E-state index >= 15 is 0 Å². The van der Waals surface area contributed by atoms with Crippen molar-refractivity contribution in [3.05, 3.63) is 95.1 Å². The number of hydrogen-bond acceptors (Lipinski definition) is 2. The largest absolute Gasteiger partial charge is 0.228 e. The lowest BCUT2D eigenvalue weighted by Crippen LogP contribution is -2.16. The quantitative estimate of drug-likeness (QED) is 0.426. The Morgan fingerprint density at radius 3 is 1.68 bits per heavy atom. The second-order valence-corrected chi connectivity index (χ2v) is 12.0. The molecular formula is C25H20N2Si. The van der Waals surface area contributed by atoms with Crippen molar-refractivity contribution >= 4 is 8.07 Å². The fourth-order valence-corrected chi connectivity index (χ4v) is 2.67. The van der Waals surface area contributed by atoms with Crippen molar-refractivity contribution in [2.24, 2.45) is 0 Å². The van der Waals surface area contributed by atoms with Crippen LogP contribution in [0.25, 0.3) is 0 Å². The van der Waals surface area contributed by atoms with Crippen molar-refractivity contribution < 1.29 is 0 Å². The molecule has 3 rings (SSSR count). The predicted molar refractivity (Wildman–Crippen MR) is 117 cm³/mol. The summed E-state index contributed by atoms with van der Waals surface area (Å²) in [6.07, 6.45) is 3.39. The van der Waals surface area contributed by atoms with Crippen molar-refractivity contribution in [3.63, 3.8) is 0 Å². The van der Waals surface area contributed by atoms with Gasteiger partial charge in [-0.2, -0.15) is 0 Å². The summed E-state index contributed by atoms with van der Waals surface area (Å²) in [5.41, 5.74) is 7.02. The molecule has 28 heavy (non-hydrogen) atoms. The minimum Gasteiger partial charge on any atom is -0.228 e. The maximum absolute atomic E-state index is 4.27. The van der Waals surface area contributed by atoms with Gasteiger partial charge >= 0.3 is 0 Å². The molecule has 0 aliphatic rings. The van der Waals surface area contributed by atoms with E-state index in [-0.39, 0.29) is 0 Å². The van der Waals surface area contributed by atoms with Gasteiger partial charge in [0.15, 0.2) is 0 Å². The maximum Gasteiger partial charge on any atom is 0.205 e. The normalized spacial score (nSPS) is 9.82. The summed E-state index contributed by atoms with van der Waals surface area (Å²) in [7, 11) is -1.36. The maximum atomic E-state index is 4.27. The molecule has 1 aromatic heterocycles. The summed E-state index contributed by atoms with van der Waals surface area (Å²) < 4.78 is 0. The number of benzene rings is 2. The van der Waals surface area contributed by atoms with Crippen LogP contribution in [0.15, 0.2) is 67.0 Å². The highest BCUT2D eigenvalue weighted by atomic mass is 28.3. The molecule has 0 radical (unpaired) electrons. The van der Waals surface area contributed by atoms with Gasteiger partial charge in [0.2, 0.25) is 5.82 Å². The monoisotopic (exact) mass is 376 g/mol. The number of nitrogens with zero attached hydrogens (tertiary/aromatic N) is 2. The highest BCUT2D eigenvalue weighted by Crippen LogP contribution is 2.04. The smallest absolute Gasteiger partial charge is 0.205 e. The zero-order valence-electron chi connectivity index (χ0n) is 16.2. The molecule has 2 aromatic carbocycles. The fraction of sp³-hybridized carbons (Fsp3) is 0.120. The van der Waals surface area contributed by atoms with Gasteiger partial charge < -0.3 is 0 Å². The predicted octanol–water partition coefficient (Wildman–Crippen LogP) is 4.51. The summed E-state index contributed by atoms with van der Waals surface area (Å²) in [6.45, 7) is 6.71. The standard InChI is InChI=1S/C25H20N2Si/c1-28(2,3)18-17-23-11-9-22(10-12-23)13-14-24-19-26-25(27-20-24)16-15-21-7-5-4-6-8-21/h4-12,19-20H,1-3H3. The first kappa shape index (κ1) is 19.2. The molecule has 0 N–H and O–H groups in total. The summed E-state index contributed by atoms with van der Waals surface area (Å²) in [4.78, 5) is 8.53. The van der Waals surface area contributed by atoms with E-state index in [4.69, 9.17) is 0 Å². The van der Waals surface area contributed by atoms with Gasteiger partial charge in [-0.3, -0.25) is 0 Å². The van der Waals surface area contributed by atoms with Gasteiger partial charge in [0.1, 0.15) is 8.07 Å². The van der Waals surface area contributed by atoms with Crippen LogP contribution in [-0.4, -0.2) is 18.0 Å². The van der Waals surface area contributed by atoms with Gasteiger partial charge in [0.25, 0.3) is 0 Å². The second kappa shape index (κ2) is 8.87. The first-order valence-corrected chi connectivity index (χ1v) is 12.5. The molecule has 0 spiro atoms. The van der Waals surface area contributed by atoms with E-state index < -0.39 is 8.07 Å². The van der Waals surface area contributed by atoms with Crippen LogP contribution in [0.5, 0.6) is 0 Å². The summed E-state index contributed by atoms with van der Waals surface area (Å²) in [5.74, 6) is 16.0. The fourth-order valence-electron chi connectivity index (χ4n) is 2.15. The highest BCUT2D eigenvalue weighted by molar-refractivity contribution is 6.83. The van der Waals surface area contributed by atoms with Crippen LogP contribution in [-0.2, 0) is 0 Å². The summed E-state index contributed by atoms with van der Waals surface area (Å²) in [6, 6.07) is 17.8. The third kappa shape index (κ3) is 6.29. The molecule has 0 unspecified atom stereocenters. The highest BCUT2D eigenvalue weighted by Gasteiger charge is 2.07. The van der Waals surface area contributed by atoms with Crippen molar-refractivity contribution in [1.29, 1.82) is 0 Å². The van der Waals surface area contributed by atoms with Gasteiger partial charge in [-0.05, 0) is 42.3 Å². The van der Waals surface area contributed by atoms with Gasteiger partial charge in [-0.15, -0.1) is 5.54 Å². The molecule has 0 bridgehead atoms. The molecule has 0 saturated carbocycles. The molecule has 0 fully saturated rings. The Morgan fingerprint density at radius 1 is 0.571 bits per heavy atom. The van der Waals surface area contributed by atoms with Gasteiger partial charge in [-0.25, -0.2) is 9.97 Å². The molecule has 1 heterocycles. The first-order chi connectivity index (χ1) is 13.5. The van der Waals surface area contributed by atoms with E-state index in [1.165, 1.54) is 0 Å². The molecule has 3 aromatic rings. The van der Waals surface area contributed by atoms with Crippen LogP contribution in [0.3, 0.4) is 0 Å². The Morgan fingerprint density at radius 2 is 1.07 bits per heavy atom. The van der Waals surface area contributed by atoms with Crippen molar-refractivity contribution in [2.75, 3.05) is 0 Å². The van der Waals surface area contributed by atoms with E-state index in [0.717, 1.165) is 22.3 Å². The topological polar surface area (TPSA) is 25.8 Å². The Bertz CT molecular complexity index is 1120. The van der Waals surface area contributed by atoms with Crippen LogP contribution >= 0.6 is 0 Å². The average Bonchev–Trinajstić information content (AvgIpc) is 2.71. The molecule has 3 heteroatoms. The van der Waals surface area contributed by atoms with Gasteiger partial charge in [0, 0.05) is 29.1 Å². The van der Waals surface area contributed by atoms with Gasteiger partial charge in [-0.1, -0.05) is 61.5 Å². The molecule has 0 saturated heterocycles. The Labute approximate surface area is 168 Å².